The lowest BCUT2D eigenvalue weighted by Crippen LogP contribution is -3.00. The third-order valence-electron chi connectivity index (χ3n) is 12.8. The lowest BCUT2D eigenvalue weighted by molar-refractivity contribution is -0.906. The van der Waals surface area contributed by atoms with Crippen LogP contribution in [0, 0.1) is 0 Å². The van der Waals surface area contributed by atoms with Crippen LogP contribution in [0.5, 0.6) is 0 Å². The Kier molecular flexibility index (Phi) is 66.7. The Morgan fingerprint density at radius 1 is 0.238 bits per heavy atom. The molecule has 0 radical (unpaired) electrons. The molecule has 122 heavy (non-hydrogen) atoms. The van der Waals surface area contributed by atoms with Crippen LogP contribution in [0.3, 0.4) is 0 Å². The Hall–Kier alpha value is -6.65. The molecule has 39 nitrogen and oxygen atoms in total. The maximum absolute atomic E-state index is 11.9. The molecule has 0 aromatic carbocycles. The van der Waals surface area contributed by atoms with Crippen LogP contribution in [-0.4, -0.2) is 317 Å². The van der Waals surface area contributed by atoms with Gasteiger partial charge in [-0.3, -0.25) is 14.7 Å². The fraction of sp³-hybridized carbons (Fsp3) is 0.864. The molecule has 0 bridgehead atoms. The molecule has 0 saturated heterocycles. The number of carbonyl (C=O) groups excluding carboxylic acids is 11. The van der Waals surface area contributed by atoms with Crippen LogP contribution < -0.4 is 89.0 Å². The normalized spacial score (nSPS) is 11.9. The topological polar surface area (TPSA) is 495 Å². The number of rotatable bonds is 33. The summed E-state index contributed by atoms with van der Waals surface area (Å²) in [5, 5.41) is 24.5. The van der Waals surface area contributed by atoms with Crippen LogP contribution in [0.2, 0.25) is 0 Å². The number of amides is 9. The quantitative estimate of drug-likeness (QED) is 0.00743. The first-order valence-electron chi connectivity index (χ1n) is 40.9. The summed E-state index contributed by atoms with van der Waals surface area (Å²) in [5.74, 6) is 0. The second kappa shape index (κ2) is 63.3. The number of nitrogens with two attached hydrogens (primary N) is 3. The number of alkyl halides is 1. The highest BCUT2D eigenvalue weighted by Crippen LogP contribution is 2.16. The van der Waals surface area contributed by atoms with Crippen LogP contribution >= 0.6 is 22.6 Å². The van der Waals surface area contributed by atoms with Crippen molar-refractivity contribution in [2.24, 2.45) is 17.2 Å². The van der Waals surface area contributed by atoms with Gasteiger partial charge in [0, 0.05) is 118 Å². The van der Waals surface area contributed by atoms with Crippen molar-refractivity contribution in [1.29, 1.82) is 0 Å². The molecule has 0 aliphatic carbocycles. The van der Waals surface area contributed by atoms with E-state index in [-0.39, 0.29) is 24.0 Å². The van der Waals surface area contributed by atoms with Crippen LogP contribution in [0.25, 0.3) is 0 Å². The summed E-state index contributed by atoms with van der Waals surface area (Å²) in [6, 6.07) is 0. The number of nitrogens with one attached hydrogen (secondary N) is 9. The van der Waals surface area contributed by atoms with Crippen molar-refractivity contribution in [3.8, 4) is 0 Å². The monoisotopic (exact) mass is 1990 g/mol. The Morgan fingerprint density at radius 2 is 0.361 bits per heavy atom. The van der Waals surface area contributed by atoms with Crippen molar-refractivity contribution in [3.63, 3.8) is 0 Å². The van der Waals surface area contributed by atoms with E-state index in [1.165, 1.54) is 0 Å². The van der Waals surface area contributed by atoms with Crippen molar-refractivity contribution in [2.75, 3.05) is 169 Å². The van der Waals surface area contributed by atoms with Crippen LogP contribution in [-0.2, 0) is 56.8 Å². The molecule has 41 heteroatoms. The largest absolute Gasteiger partial charge is 1.00 e. The van der Waals surface area contributed by atoms with E-state index in [2.05, 4.69) is 80.1 Å². The smallest absolute Gasteiger partial charge is 0.519 e. The third kappa shape index (κ3) is 102. The molecule has 0 aliphatic rings. The second-order valence-electron chi connectivity index (χ2n) is 38.6. The van der Waals surface area contributed by atoms with Crippen molar-refractivity contribution in [1.82, 2.24) is 62.6 Å². The van der Waals surface area contributed by atoms with E-state index in [0.717, 1.165) is 19.6 Å². The molecule has 0 heterocycles. The highest BCUT2D eigenvalue weighted by molar-refractivity contribution is 14.1. The number of carbonyl (C=O) groups is 11. The second-order valence-corrected chi connectivity index (χ2v) is 38.6. The minimum Gasteiger partial charge on any atom is -1.00 e. The van der Waals surface area contributed by atoms with E-state index in [1.807, 2.05) is 21.8 Å². The average molecular weight is 1990 g/mol. The number of hydrogen-bond donors (Lipinski definition) is 12. The number of nitrogens with zero attached hydrogens (tertiary/aromatic N) is 4. The molecule has 0 saturated carbocycles. The minimum absolute atomic E-state index is 0. The first-order valence-corrected chi connectivity index (χ1v) is 43.1. The van der Waals surface area contributed by atoms with Gasteiger partial charge < -0.3 is 150 Å². The molecule has 0 rings (SSSR count). The average Bonchev–Trinajstić information content (AvgIpc) is 0.879. The number of likely N-dealkylation sites (N-methyl/N-ethyl adjacent to an activating group) is 1. The van der Waals surface area contributed by atoms with E-state index >= 15 is 0 Å². The summed E-state index contributed by atoms with van der Waals surface area (Å²) in [6.45, 7) is 71.3. The van der Waals surface area contributed by atoms with Gasteiger partial charge in [-0.05, 0) is 233 Å². The molecular weight excluding hydrogens is 1820 g/mol. The molecule has 724 valence electrons. The Bertz CT molecular complexity index is 2540. The molecule has 0 spiro atoms. The lowest BCUT2D eigenvalue weighted by atomic mass is 10.2. The van der Waals surface area contributed by atoms with Gasteiger partial charge in [0.1, 0.15) is 61.6 Å². The number of quaternary nitrogens is 1. The van der Waals surface area contributed by atoms with Crippen molar-refractivity contribution < 1.29 is 138 Å². The third-order valence-corrected chi connectivity index (χ3v) is 12.8. The summed E-state index contributed by atoms with van der Waals surface area (Å²) < 4.78 is 61.4. The van der Waals surface area contributed by atoms with Gasteiger partial charge >= 0.3 is 67.1 Å². The zero-order valence-electron chi connectivity index (χ0n) is 81.1. The molecule has 0 aromatic heterocycles. The Balaban J connectivity index is -0.000000281. The first-order chi connectivity index (χ1) is 54.6. The molecule has 0 aliphatic heterocycles. The molecule has 0 aromatic rings. The standard InChI is InChI=1S/C22H44N4O6.2C21H42N4O6.C10H18O5.C6H18N4.CH3I.HI/c1-20(2,3)30-17(27)23-11-14-26(10,15-12-24-18(28)31-21(4,5)6)16-13-25-19(29)32-22(7,8)9;2*1-19(2,3)29-16(26)22-10-13-25(14-11-23-17(27)30-20(4,5)6)15-12-24-18(28)31-21(7,8)9;1-9(2,3)14-7(11)13-8(12)15-10(4,5)6;7-1-4-10(5-2-8)6-3-9;1-2;/h11-16H2,1-10H3,(H2-,23,24,25,27,28,29);2*10-15H2,1-9H3,(H,22,26)(H,23,27)(H,24,28);1-6H3;1-9H2;1H3;1H. The van der Waals surface area contributed by atoms with Gasteiger partial charge in [0.2, 0.25) is 0 Å². The molecule has 0 unspecified atom stereocenters. The van der Waals surface area contributed by atoms with E-state index in [0.29, 0.717) is 142 Å². The van der Waals surface area contributed by atoms with Gasteiger partial charge in [0.25, 0.3) is 0 Å². The molecule has 9 amide bonds. The summed E-state index contributed by atoms with van der Waals surface area (Å²) in [5.41, 5.74) is 9.57. The van der Waals surface area contributed by atoms with E-state index < -0.39 is 129 Å². The van der Waals surface area contributed by atoms with Gasteiger partial charge in [0.05, 0.1) is 46.3 Å². The fourth-order valence-electron chi connectivity index (χ4n) is 8.51. The first kappa shape index (κ1) is 128. The number of hydrogen-bond acceptors (Lipinski definition) is 29. The van der Waals surface area contributed by atoms with Crippen molar-refractivity contribution in [2.45, 2.75) is 290 Å². The lowest BCUT2D eigenvalue weighted by Gasteiger charge is -2.35. The van der Waals surface area contributed by atoms with Crippen LogP contribution in [0.1, 0.15) is 228 Å². The van der Waals surface area contributed by atoms with Gasteiger partial charge in [-0.1, -0.05) is 22.6 Å². The number of alkyl carbamates (subject to hydrolysis) is 9. The predicted molar refractivity (Wildman–Crippen MR) is 479 cm³/mol. The SMILES string of the molecule is CC(C)(C)OC(=O)NCCN(CCNC(=O)OC(C)(C)C)CCNC(=O)OC(C)(C)C.CC(C)(C)OC(=O)NCCN(CCNC(=O)OC(C)(C)C)CCNC(=O)OC(C)(C)C.CC(C)(C)OC(=O)NCC[N+](C)(CCNC(=O)OC(C)(C)C)CCNC(=O)OC(C)(C)C.CC(C)(C)OC(=O)OC(=O)OC(C)(C)C.CI.NCCN(CCN)CCN.[I-]. The number of ether oxygens (including phenoxy) is 12. The Labute approximate surface area is 762 Å². The Morgan fingerprint density at radius 3 is 0.484 bits per heavy atom. The summed E-state index contributed by atoms with van der Waals surface area (Å²) in [6.07, 6.45) is -6.53. The number of halogens is 2. The maximum atomic E-state index is 11.9. The molecule has 15 N–H and O–H groups in total. The van der Waals surface area contributed by atoms with Gasteiger partial charge in [-0.25, -0.2) is 52.7 Å². The van der Waals surface area contributed by atoms with Gasteiger partial charge in [0.15, 0.2) is 0 Å². The zero-order chi connectivity index (χ0) is 95.9. The van der Waals surface area contributed by atoms with Crippen molar-refractivity contribution >= 4 is 89.7 Å². The highest BCUT2D eigenvalue weighted by Gasteiger charge is 2.29. The van der Waals surface area contributed by atoms with Gasteiger partial charge in [-0.2, -0.15) is 0 Å². The van der Waals surface area contributed by atoms with Crippen LogP contribution in [0.4, 0.5) is 52.7 Å². The molecule has 0 fully saturated rings. The molecular formula is C81H168I2N16O23. The van der Waals surface area contributed by atoms with Gasteiger partial charge in [-0.15, -0.1) is 0 Å². The summed E-state index contributed by atoms with van der Waals surface area (Å²) in [7, 11) is 1.99. The highest BCUT2D eigenvalue weighted by atomic mass is 127. The summed E-state index contributed by atoms with van der Waals surface area (Å²) in [4.78, 5) is 137. The van der Waals surface area contributed by atoms with Crippen LogP contribution in [0.15, 0.2) is 0 Å². The van der Waals surface area contributed by atoms with Crippen molar-refractivity contribution in [3.05, 3.63) is 0 Å². The van der Waals surface area contributed by atoms with E-state index in [1.54, 1.807) is 228 Å². The summed E-state index contributed by atoms with van der Waals surface area (Å²) >= 11 is 2.15. The van der Waals surface area contributed by atoms with E-state index in [4.69, 9.17) is 69.3 Å². The van der Waals surface area contributed by atoms with E-state index in [9.17, 15) is 52.7 Å². The predicted octanol–water partition coefficient (Wildman–Crippen LogP) is 7.82. The minimum atomic E-state index is -1.06. The maximum Gasteiger partial charge on any atom is 0.519 e. The molecule has 0 atom stereocenters. The fourth-order valence-corrected chi connectivity index (χ4v) is 8.51. The zero-order valence-corrected chi connectivity index (χ0v) is 85.5.